The molecule has 1 aliphatic carbocycles. The highest BCUT2D eigenvalue weighted by Gasteiger charge is 2.31. The lowest BCUT2D eigenvalue weighted by Crippen LogP contribution is -2.49. The molecule has 0 bridgehead atoms. The highest BCUT2D eigenvalue weighted by atomic mass is 16.5. The molecule has 3 nitrogen and oxygen atoms in total. The molecule has 2 unspecified atom stereocenters. The SMILES string of the molecule is COc1cccc(C2CC(N)CN(C3CCCC3)C2)c1. The van der Waals surface area contributed by atoms with E-state index in [4.69, 9.17) is 10.5 Å². The van der Waals surface area contributed by atoms with Crippen LogP contribution in [-0.2, 0) is 0 Å². The first-order valence-electron chi connectivity index (χ1n) is 7.90. The van der Waals surface area contributed by atoms with Crippen LogP contribution in [-0.4, -0.2) is 37.2 Å². The van der Waals surface area contributed by atoms with Gasteiger partial charge in [0.05, 0.1) is 7.11 Å². The molecule has 3 rings (SSSR count). The number of piperidine rings is 1. The van der Waals surface area contributed by atoms with E-state index >= 15 is 0 Å². The minimum absolute atomic E-state index is 0.306. The fraction of sp³-hybridized carbons (Fsp3) is 0.647. The van der Waals surface area contributed by atoms with E-state index in [0.29, 0.717) is 12.0 Å². The molecule has 2 N–H and O–H groups in total. The molecule has 1 heterocycles. The fourth-order valence-electron chi connectivity index (χ4n) is 3.88. The molecule has 1 saturated heterocycles. The highest BCUT2D eigenvalue weighted by molar-refractivity contribution is 5.31. The zero-order chi connectivity index (χ0) is 13.9. The summed E-state index contributed by atoms with van der Waals surface area (Å²) in [6.45, 7) is 2.23. The second kappa shape index (κ2) is 6.15. The van der Waals surface area contributed by atoms with Crippen LogP contribution in [0.1, 0.15) is 43.6 Å². The number of hydrogen-bond donors (Lipinski definition) is 1. The van der Waals surface area contributed by atoms with Gasteiger partial charge >= 0.3 is 0 Å². The lowest BCUT2D eigenvalue weighted by atomic mass is 9.87. The van der Waals surface area contributed by atoms with Gasteiger partial charge < -0.3 is 10.5 Å². The van der Waals surface area contributed by atoms with Crippen LogP contribution in [0.4, 0.5) is 0 Å². The normalized spacial score (nSPS) is 28.7. The van der Waals surface area contributed by atoms with Crippen LogP contribution in [0.15, 0.2) is 24.3 Å². The van der Waals surface area contributed by atoms with E-state index in [2.05, 4.69) is 23.1 Å². The minimum Gasteiger partial charge on any atom is -0.497 e. The summed E-state index contributed by atoms with van der Waals surface area (Å²) >= 11 is 0. The molecule has 1 saturated carbocycles. The molecule has 2 aliphatic rings. The molecule has 1 aromatic rings. The summed E-state index contributed by atoms with van der Waals surface area (Å²) in [5.41, 5.74) is 7.70. The second-order valence-corrected chi connectivity index (χ2v) is 6.36. The van der Waals surface area contributed by atoms with Crippen LogP contribution in [0.3, 0.4) is 0 Å². The maximum Gasteiger partial charge on any atom is 0.119 e. The van der Waals surface area contributed by atoms with E-state index in [1.165, 1.54) is 31.2 Å². The molecule has 2 fully saturated rings. The van der Waals surface area contributed by atoms with Gasteiger partial charge in [-0.25, -0.2) is 0 Å². The number of likely N-dealkylation sites (tertiary alicyclic amines) is 1. The lowest BCUT2D eigenvalue weighted by Gasteiger charge is -2.40. The predicted octanol–water partition coefficient (Wildman–Crippen LogP) is 2.75. The standard InChI is InChI=1S/C17H26N2O/c1-20-17-8-4-5-13(10-17)14-9-15(18)12-19(11-14)16-6-2-3-7-16/h4-5,8,10,14-16H,2-3,6-7,9,11-12,18H2,1H3. The van der Waals surface area contributed by atoms with Gasteiger partial charge in [0.1, 0.15) is 5.75 Å². The Balaban J connectivity index is 1.74. The smallest absolute Gasteiger partial charge is 0.119 e. The van der Waals surface area contributed by atoms with Gasteiger partial charge in [0.25, 0.3) is 0 Å². The van der Waals surface area contributed by atoms with Gasteiger partial charge in [0.15, 0.2) is 0 Å². The predicted molar refractivity (Wildman–Crippen MR) is 82.2 cm³/mol. The molecule has 0 radical (unpaired) electrons. The van der Waals surface area contributed by atoms with Gasteiger partial charge in [-0.05, 0) is 42.9 Å². The molecule has 0 amide bonds. The first kappa shape index (κ1) is 13.9. The molecule has 1 aromatic carbocycles. The van der Waals surface area contributed by atoms with E-state index in [9.17, 15) is 0 Å². The summed E-state index contributed by atoms with van der Waals surface area (Å²) < 4.78 is 5.35. The molecule has 0 aromatic heterocycles. The van der Waals surface area contributed by atoms with Crippen molar-refractivity contribution >= 4 is 0 Å². The topological polar surface area (TPSA) is 38.5 Å². The fourth-order valence-corrected chi connectivity index (χ4v) is 3.88. The van der Waals surface area contributed by atoms with Crippen molar-refractivity contribution in [3.8, 4) is 5.75 Å². The summed E-state index contributed by atoms with van der Waals surface area (Å²) in [6, 6.07) is 9.58. The number of hydrogen-bond acceptors (Lipinski definition) is 3. The van der Waals surface area contributed by atoms with Gasteiger partial charge in [-0.1, -0.05) is 25.0 Å². The van der Waals surface area contributed by atoms with Crippen LogP contribution in [0.2, 0.25) is 0 Å². The van der Waals surface area contributed by atoms with Crippen LogP contribution < -0.4 is 10.5 Å². The van der Waals surface area contributed by atoms with Crippen LogP contribution >= 0.6 is 0 Å². The van der Waals surface area contributed by atoms with Crippen molar-refractivity contribution in [1.82, 2.24) is 4.90 Å². The summed E-state index contributed by atoms with van der Waals surface area (Å²) in [6.07, 6.45) is 6.59. The zero-order valence-corrected chi connectivity index (χ0v) is 12.4. The van der Waals surface area contributed by atoms with Crippen LogP contribution in [0, 0.1) is 0 Å². The van der Waals surface area contributed by atoms with Crippen molar-refractivity contribution < 1.29 is 4.74 Å². The van der Waals surface area contributed by atoms with Crippen molar-refractivity contribution in [1.29, 1.82) is 0 Å². The van der Waals surface area contributed by atoms with Gasteiger partial charge in [-0.3, -0.25) is 4.90 Å². The summed E-state index contributed by atoms with van der Waals surface area (Å²) in [5.74, 6) is 1.50. The number of nitrogens with two attached hydrogens (primary N) is 1. The molecular formula is C17H26N2O. The maximum absolute atomic E-state index is 6.32. The van der Waals surface area contributed by atoms with E-state index in [-0.39, 0.29) is 0 Å². The van der Waals surface area contributed by atoms with Crippen LogP contribution in [0.5, 0.6) is 5.75 Å². The molecule has 20 heavy (non-hydrogen) atoms. The third-order valence-corrected chi connectivity index (χ3v) is 4.92. The molecule has 3 heteroatoms. The number of rotatable bonds is 3. The summed E-state index contributed by atoms with van der Waals surface area (Å²) in [7, 11) is 1.73. The Morgan fingerprint density at radius 3 is 2.75 bits per heavy atom. The van der Waals surface area contributed by atoms with Crippen LogP contribution in [0.25, 0.3) is 0 Å². The molecule has 1 aliphatic heterocycles. The van der Waals surface area contributed by atoms with Gasteiger partial charge in [0.2, 0.25) is 0 Å². The molecule has 2 atom stereocenters. The van der Waals surface area contributed by atoms with E-state index in [0.717, 1.165) is 31.3 Å². The number of benzene rings is 1. The molecule has 0 spiro atoms. The van der Waals surface area contributed by atoms with Crippen molar-refractivity contribution in [2.75, 3.05) is 20.2 Å². The highest BCUT2D eigenvalue weighted by Crippen LogP contribution is 2.33. The quantitative estimate of drug-likeness (QED) is 0.921. The summed E-state index contributed by atoms with van der Waals surface area (Å²) in [4.78, 5) is 2.64. The van der Waals surface area contributed by atoms with E-state index in [1.807, 2.05) is 6.07 Å². The van der Waals surface area contributed by atoms with Gasteiger partial charge in [-0.15, -0.1) is 0 Å². The first-order valence-corrected chi connectivity index (χ1v) is 7.90. The van der Waals surface area contributed by atoms with E-state index in [1.54, 1.807) is 7.11 Å². The summed E-state index contributed by atoms with van der Waals surface area (Å²) in [5, 5.41) is 0. The Hall–Kier alpha value is -1.06. The van der Waals surface area contributed by atoms with Gasteiger partial charge in [0, 0.05) is 25.2 Å². The Bertz CT molecular complexity index is 442. The Kier molecular flexibility index (Phi) is 4.27. The lowest BCUT2D eigenvalue weighted by molar-refractivity contribution is 0.136. The van der Waals surface area contributed by atoms with Gasteiger partial charge in [-0.2, -0.15) is 0 Å². The molecular weight excluding hydrogens is 248 g/mol. The third-order valence-electron chi connectivity index (χ3n) is 4.92. The Morgan fingerprint density at radius 1 is 1.20 bits per heavy atom. The van der Waals surface area contributed by atoms with Crippen molar-refractivity contribution in [3.05, 3.63) is 29.8 Å². The second-order valence-electron chi connectivity index (χ2n) is 6.36. The van der Waals surface area contributed by atoms with Crippen molar-refractivity contribution in [2.24, 2.45) is 5.73 Å². The minimum atomic E-state index is 0.306. The molecule has 110 valence electrons. The third kappa shape index (κ3) is 2.99. The number of methoxy groups -OCH3 is 1. The van der Waals surface area contributed by atoms with Crippen molar-refractivity contribution in [2.45, 2.75) is 50.1 Å². The monoisotopic (exact) mass is 274 g/mol. The Labute approximate surface area is 122 Å². The average molecular weight is 274 g/mol. The largest absolute Gasteiger partial charge is 0.497 e. The maximum atomic E-state index is 6.32. The van der Waals surface area contributed by atoms with Crippen molar-refractivity contribution in [3.63, 3.8) is 0 Å². The first-order chi connectivity index (χ1) is 9.76. The Morgan fingerprint density at radius 2 is 2.00 bits per heavy atom. The number of ether oxygens (including phenoxy) is 1. The zero-order valence-electron chi connectivity index (χ0n) is 12.4. The average Bonchev–Trinajstić information content (AvgIpc) is 3.01. The van der Waals surface area contributed by atoms with E-state index < -0.39 is 0 Å². The number of nitrogens with zero attached hydrogens (tertiary/aromatic N) is 1.